The van der Waals surface area contributed by atoms with Crippen molar-refractivity contribution in [3.63, 3.8) is 0 Å². The van der Waals surface area contributed by atoms with Crippen LogP contribution in [0.5, 0.6) is 0 Å². The van der Waals surface area contributed by atoms with E-state index in [0.29, 0.717) is 18.6 Å². The maximum Gasteiger partial charge on any atom is 0.0564 e. The van der Waals surface area contributed by atoms with Crippen LogP contribution in [0.15, 0.2) is 10.5 Å². The number of rotatable bonds is 4. The van der Waals surface area contributed by atoms with E-state index in [1.54, 1.807) is 0 Å². The molecule has 0 spiro atoms. The second-order valence-electron chi connectivity index (χ2n) is 5.62. The fraction of sp³-hybridized carbons (Fsp3) is 0.733. The number of nitrogens with two attached hydrogens (primary N) is 1. The number of halogens is 1. The van der Waals surface area contributed by atoms with Gasteiger partial charge in [-0.15, -0.1) is 11.3 Å². The predicted molar refractivity (Wildman–Crippen MR) is 87.8 cm³/mol. The number of likely N-dealkylation sites (N-methyl/N-ethyl adjacent to an activating group) is 1. The minimum absolute atomic E-state index is 0.373. The van der Waals surface area contributed by atoms with Crippen molar-refractivity contribution in [2.24, 2.45) is 5.73 Å². The maximum atomic E-state index is 6.06. The van der Waals surface area contributed by atoms with Crippen molar-refractivity contribution in [1.82, 2.24) is 4.90 Å². The highest BCUT2D eigenvalue weighted by atomic mass is 79.9. The van der Waals surface area contributed by atoms with Gasteiger partial charge in [-0.1, -0.05) is 25.7 Å². The van der Waals surface area contributed by atoms with E-state index in [4.69, 9.17) is 5.73 Å². The summed E-state index contributed by atoms with van der Waals surface area (Å²) in [6, 6.07) is 3.33. The molecule has 1 aliphatic rings. The van der Waals surface area contributed by atoms with Gasteiger partial charge in [-0.3, -0.25) is 4.90 Å². The Hall–Kier alpha value is 0.100. The maximum absolute atomic E-state index is 6.06. The monoisotopic (exact) mass is 344 g/mol. The summed E-state index contributed by atoms with van der Waals surface area (Å²) in [6.45, 7) is 2.87. The standard InChI is InChI=1S/C15H25BrN2S/c1-11-13(16)9-15(19-11)14(10-17)18(2)12-7-5-3-4-6-8-12/h9,12,14H,3-8,10,17H2,1-2H3. The number of thiophene rings is 1. The molecule has 1 heterocycles. The Labute approximate surface area is 129 Å². The summed E-state index contributed by atoms with van der Waals surface area (Å²) >= 11 is 5.50. The SMILES string of the molecule is Cc1sc(C(CN)N(C)C2CCCCCC2)cc1Br. The molecule has 0 aromatic carbocycles. The lowest BCUT2D eigenvalue weighted by molar-refractivity contribution is 0.163. The minimum atomic E-state index is 0.373. The zero-order valence-electron chi connectivity index (χ0n) is 12.0. The highest BCUT2D eigenvalue weighted by Crippen LogP contribution is 2.35. The summed E-state index contributed by atoms with van der Waals surface area (Å²) in [4.78, 5) is 5.28. The predicted octanol–water partition coefficient (Wildman–Crippen LogP) is 4.47. The van der Waals surface area contributed by atoms with Crippen molar-refractivity contribution in [2.45, 2.75) is 57.5 Å². The van der Waals surface area contributed by atoms with Crippen LogP contribution in [0.4, 0.5) is 0 Å². The smallest absolute Gasteiger partial charge is 0.0564 e. The third kappa shape index (κ3) is 3.81. The van der Waals surface area contributed by atoms with E-state index in [1.165, 1.54) is 52.8 Å². The summed E-state index contributed by atoms with van der Waals surface area (Å²) in [5, 5.41) is 0. The van der Waals surface area contributed by atoms with Crippen LogP contribution in [0, 0.1) is 6.92 Å². The van der Waals surface area contributed by atoms with Gasteiger partial charge in [0.1, 0.15) is 0 Å². The number of aryl methyl sites for hydroxylation is 1. The molecule has 19 heavy (non-hydrogen) atoms. The van der Waals surface area contributed by atoms with Crippen molar-refractivity contribution in [2.75, 3.05) is 13.6 Å². The van der Waals surface area contributed by atoms with Gasteiger partial charge in [0, 0.05) is 26.8 Å². The van der Waals surface area contributed by atoms with Gasteiger partial charge in [-0.2, -0.15) is 0 Å². The van der Waals surface area contributed by atoms with Gasteiger partial charge in [0.2, 0.25) is 0 Å². The summed E-state index contributed by atoms with van der Waals surface area (Å²) in [7, 11) is 2.26. The first-order chi connectivity index (χ1) is 9.13. The van der Waals surface area contributed by atoms with Crippen LogP contribution in [0.3, 0.4) is 0 Å². The van der Waals surface area contributed by atoms with Crippen molar-refractivity contribution < 1.29 is 0 Å². The quantitative estimate of drug-likeness (QED) is 0.816. The van der Waals surface area contributed by atoms with Gasteiger partial charge in [0.05, 0.1) is 6.04 Å². The van der Waals surface area contributed by atoms with Crippen molar-refractivity contribution in [3.8, 4) is 0 Å². The first-order valence-electron chi connectivity index (χ1n) is 7.31. The van der Waals surface area contributed by atoms with Crippen molar-refractivity contribution in [3.05, 3.63) is 20.3 Å². The normalized spacial score (nSPS) is 19.6. The van der Waals surface area contributed by atoms with Crippen molar-refractivity contribution >= 4 is 27.3 Å². The van der Waals surface area contributed by atoms with E-state index in [1.807, 2.05) is 11.3 Å². The summed E-state index contributed by atoms with van der Waals surface area (Å²) in [5.74, 6) is 0. The molecule has 1 fully saturated rings. The van der Waals surface area contributed by atoms with Gasteiger partial charge >= 0.3 is 0 Å². The van der Waals surface area contributed by atoms with Crippen LogP contribution in [-0.2, 0) is 0 Å². The number of hydrogen-bond donors (Lipinski definition) is 1. The van der Waals surface area contributed by atoms with Crippen LogP contribution in [0.1, 0.15) is 54.3 Å². The zero-order valence-corrected chi connectivity index (χ0v) is 14.4. The summed E-state index contributed by atoms with van der Waals surface area (Å²) < 4.78 is 1.22. The second kappa shape index (κ2) is 7.21. The molecular formula is C15H25BrN2S. The van der Waals surface area contributed by atoms with Gasteiger partial charge in [0.25, 0.3) is 0 Å². The number of nitrogens with zero attached hydrogens (tertiary/aromatic N) is 1. The van der Waals surface area contributed by atoms with Crippen LogP contribution in [0.25, 0.3) is 0 Å². The van der Waals surface area contributed by atoms with Crippen LogP contribution in [0.2, 0.25) is 0 Å². The molecule has 2 N–H and O–H groups in total. The van der Waals surface area contributed by atoms with E-state index in [2.05, 4.69) is 40.9 Å². The lowest BCUT2D eigenvalue weighted by Gasteiger charge is -2.33. The Balaban J connectivity index is 2.11. The van der Waals surface area contributed by atoms with Gasteiger partial charge in [-0.05, 0) is 48.8 Å². The highest BCUT2D eigenvalue weighted by Gasteiger charge is 2.25. The number of hydrogen-bond acceptors (Lipinski definition) is 3. The molecule has 1 unspecified atom stereocenters. The molecule has 1 aromatic rings. The third-order valence-corrected chi connectivity index (χ3v) is 6.56. The van der Waals surface area contributed by atoms with E-state index in [-0.39, 0.29) is 0 Å². The first-order valence-corrected chi connectivity index (χ1v) is 8.92. The van der Waals surface area contributed by atoms with Crippen molar-refractivity contribution in [1.29, 1.82) is 0 Å². The van der Waals surface area contributed by atoms with Crippen LogP contribution < -0.4 is 5.73 Å². The molecule has 0 bridgehead atoms. The Morgan fingerprint density at radius 2 is 2.00 bits per heavy atom. The fourth-order valence-electron chi connectivity index (χ4n) is 3.05. The minimum Gasteiger partial charge on any atom is -0.329 e. The molecule has 2 nitrogen and oxygen atoms in total. The Bertz CT molecular complexity index is 377. The third-order valence-electron chi connectivity index (χ3n) is 4.32. The van der Waals surface area contributed by atoms with Gasteiger partial charge in [-0.25, -0.2) is 0 Å². The van der Waals surface area contributed by atoms with E-state index < -0.39 is 0 Å². The lowest BCUT2D eigenvalue weighted by Crippen LogP contribution is -2.38. The average Bonchev–Trinajstić information content (AvgIpc) is 2.62. The molecule has 0 aliphatic heterocycles. The van der Waals surface area contributed by atoms with Gasteiger partial charge < -0.3 is 5.73 Å². The second-order valence-corrected chi connectivity index (χ2v) is 7.76. The fourth-order valence-corrected chi connectivity index (χ4v) is 4.77. The Morgan fingerprint density at radius 3 is 2.47 bits per heavy atom. The first kappa shape index (κ1) is 15.5. The molecule has 108 valence electrons. The molecule has 2 rings (SSSR count). The topological polar surface area (TPSA) is 29.3 Å². The summed E-state index contributed by atoms with van der Waals surface area (Å²) in [6.07, 6.45) is 8.22. The molecule has 1 saturated carbocycles. The molecule has 1 aliphatic carbocycles. The molecule has 1 atom stereocenters. The Kier molecular flexibility index (Phi) is 5.87. The van der Waals surface area contributed by atoms with Gasteiger partial charge in [0.15, 0.2) is 0 Å². The molecule has 4 heteroatoms. The largest absolute Gasteiger partial charge is 0.329 e. The molecular weight excluding hydrogens is 320 g/mol. The molecule has 0 amide bonds. The highest BCUT2D eigenvalue weighted by molar-refractivity contribution is 9.10. The average molecular weight is 345 g/mol. The zero-order chi connectivity index (χ0) is 13.8. The Morgan fingerprint density at radius 1 is 1.37 bits per heavy atom. The van der Waals surface area contributed by atoms with Crippen LogP contribution in [-0.4, -0.2) is 24.5 Å². The lowest BCUT2D eigenvalue weighted by atomic mass is 10.0. The van der Waals surface area contributed by atoms with Crippen LogP contribution >= 0.6 is 27.3 Å². The van der Waals surface area contributed by atoms with E-state index in [9.17, 15) is 0 Å². The summed E-state index contributed by atoms with van der Waals surface area (Å²) in [5.41, 5.74) is 6.06. The molecule has 1 aromatic heterocycles. The van der Waals surface area contributed by atoms with E-state index in [0.717, 1.165) is 0 Å². The molecule has 0 saturated heterocycles. The van der Waals surface area contributed by atoms with E-state index >= 15 is 0 Å². The molecule has 0 radical (unpaired) electrons.